The van der Waals surface area contributed by atoms with E-state index in [2.05, 4.69) is 29.5 Å². The first-order chi connectivity index (χ1) is 8.40. The number of nitrogens with zero attached hydrogens (tertiary/aromatic N) is 2. The topological polar surface area (TPSA) is 57.3 Å². The first-order valence-corrected chi connectivity index (χ1v) is 6.17. The third-order valence-electron chi connectivity index (χ3n) is 2.29. The van der Waals surface area contributed by atoms with Crippen LogP contribution in [0.4, 0.5) is 16.3 Å². The van der Waals surface area contributed by atoms with Crippen molar-refractivity contribution < 1.29 is 4.79 Å². The van der Waals surface area contributed by atoms with Crippen LogP contribution in [0.2, 0.25) is 0 Å². The SMILES string of the molecule is CC(C)NC(=O)N(C)c1ccc(NC(C)C)nc1. The molecule has 5 heteroatoms. The summed E-state index contributed by atoms with van der Waals surface area (Å²) in [4.78, 5) is 17.6. The highest BCUT2D eigenvalue weighted by Crippen LogP contribution is 2.14. The van der Waals surface area contributed by atoms with E-state index in [9.17, 15) is 4.79 Å². The number of carbonyl (C=O) groups is 1. The van der Waals surface area contributed by atoms with E-state index in [1.807, 2.05) is 26.0 Å². The van der Waals surface area contributed by atoms with Crippen molar-refractivity contribution >= 4 is 17.5 Å². The minimum absolute atomic E-state index is 0.120. The van der Waals surface area contributed by atoms with Crippen molar-refractivity contribution in [1.82, 2.24) is 10.3 Å². The lowest BCUT2D eigenvalue weighted by molar-refractivity contribution is 0.245. The molecule has 1 aromatic rings. The molecule has 2 N–H and O–H groups in total. The van der Waals surface area contributed by atoms with Crippen LogP contribution in [0.1, 0.15) is 27.7 Å². The predicted octanol–water partition coefficient (Wildman–Crippen LogP) is 2.46. The Hall–Kier alpha value is -1.78. The Balaban J connectivity index is 2.69. The molecule has 1 heterocycles. The Kier molecular flexibility index (Phi) is 4.95. The molecule has 0 atom stereocenters. The van der Waals surface area contributed by atoms with Crippen molar-refractivity contribution in [3.63, 3.8) is 0 Å². The molecule has 0 aliphatic carbocycles. The quantitative estimate of drug-likeness (QED) is 0.863. The first kappa shape index (κ1) is 14.3. The van der Waals surface area contributed by atoms with E-state index in [-0.39, 0.29) is 12.1 Å². The molecule has 18 heavy (non-hydrogen) atoms. The second-order valence-electron chi connectivity index (χ2n) is 4.86. The molecule has 100 valence electrons. The molecule has 1 aromatic heterocycles. The van der Waals surface area contributed by atoms with Crippen LogP contribution in [0, 0.1) is 0 Å². The molecule has 0 radical (unpaired) electrons. The van der Waals surface area contributed by atoms with Gasteiger partial charge in [0.1, 0.15) is 5.82 Å². The fourth-order valence-corrected chi connectivity index (χ4v) is 1.43. The van der Waals surface area contributed by atoms with Gasteiger partial charge in [-0.15, -0.1) is 0 Å². The average Bonchev–Trinajstić information content (AvgIpc) is 2.27. The monoisotopic (exact) mass is 250 g/mol. The molecule has 0 aliphatic rings. The molecule has 0 saturated heterocycles. The standard InChI is InChI=1S/C13H22N4O/c1-9(2)15-12-7-6-11(8-14-12)17(5)13(18)16-10(3)4/h6-10H,1-5H3,(H,14,15)(H,16,18). The summed E-state index contributed by atoms with van der Waals surface area (Å²) in [6, 6.07) is 4.07. The van der Waals surface area contributed by atoms with Gasteiger partial charge < -0.3 is 10.6 Å². The average molecular weight is 250 g/mol. The molecule has 0 bridgehead atoms. The van der Waals surface area contributed by atoms with Gasteiger partial charge in [0.05, 0.1) is 11.9 Å². The van der Waals surface area contributed by atoms with Crippen LogP contribution in [0.15, 0.2) is 18.3 Å². The summed E-state index contributed by atoms with van der Waals surface area (Å²) in [6.07, 6.45) is 1.69. The van der Waals surface area contributed by atoms with Gasteiger partial charge in [-0.3, -0.25) is 4.90 Å². The molecule has 0 unspecified atom stereocenters. The van der Waals surface area contributed by atoms with E-state index < -0.39 is 0 Å². The van der Waals surface area contributed by atoms with E-state index in [4.69, 9.17) is 0 Å². The highest BCUT2D eigenvalue weighted by atomic mass is 16.2. The predicted molar refractivity (Wildman–Crippen MR) is 75.1 cm³/mol. The van der Waals surface area contributed by atoms with Crippen molar-refractivity contribution in [3.05, 3.63) is 18.3 Å². The van der Waals surface area contributed by atoms with Crippen LogP contribution in [0.25, 0.3) is 0 Å². The molecule has 2 amide bonds. The number of amides is 2. The van der Waals surface area contributed by atoms with Crippen molar-refractivity contribution in [3.8, 4) is 0 Å². The number of rotatable bonds is 4. The molecule has 0 spiro atoms. The Morgan fingerprint density at radius 3 is 2.33 bits per heavy atom. The molecule has 0 saturated carbocycles. The summed E-state index contributed by atoms with van der Waals surface area (Å²) in [7, 11) is 1.73. The second kappa shape index (κ2) is 6.23. The highest BCUT2D eigenvalue weighted by Gasteiger charge is 2.11. The Bertz CT molecular complexity index is 386. The van der Waals surface area contributed by atoms with E-state index in [0.717, 1.165) is 11.5 Å². The van der Waals surface area contributed by atoms with Gasteiger partial charge >= 0.3 is 6.03 Å². The van der Waals surface area contributed by atoms with Crippen LogP contribution >= 0.6 is 0 Å². The van der Waals surface area contributed by atoms with Crippen molar-refractivity contribution in [2.45, 2.75) is 39.8 Å². The summed E-state index contributed by atoms with van der Waals surface area (Å²) >= 11 is 0. The van der Waals surface area contributed by atoms with Crippen LogP contribution in [0.3, 0.4) is 0 Å². The van der Waals surface area contributed by atoms with E-state index in [0.29, 0.717) is 6.04 Å². The van der Waals surface area contributed by atoms with Crippen LogP contribution in [0.5, 0.6) is 0 Å². The fourth-order valence-electron chi connectivity index (χ4n) is 1.43. The van der Waals surface area contributed by atoms with Crippen LogP contribution in [-0.4, -0.2) is 30.1 Å². The summed E-state index contributed by atoms with van der Waals surface area (Å²) in [5.74, 6) is 0.811. The molecule has 5 nitrogen and oxygen atoms in total. The summed E-state index contributed by atoms with van der Waals surface area (Å²) in [6.45, 7) is 7.97. The van der Waals surface area contributed by atoms with Gasteiger partial charge in [0.2, 0.25) is 0 Å². The number of carbonyl (C=O) groups excluding carboxylic acids is 1. The zero-order chi connectivity index (χ0) is 13.7. The number of anilines is 2. The first-order valence-electron chi connectivity index (χ1n) is 6.17. The number of hydrogen-bond donors (Lipinski definition) is 2. The maximum absolute atomic E-state index is 11.8. The lowest BCUT2D eigenvalue weighted by atomic mass is 10.3. The highest BCUT2D eigenvalue weighted by molar-refractivity contribution is 5.91. The number of aromatic nitrogens is 1. The Labute approximate surface area is 109 Å². The number of hydrogen-bond acceptors (Lipinski definition) is 3. The van der Waals surface area contributed by atoms with Gasteiger partial charge in [-0.25, -0.2) is 9.78 Å². The smallest absolute Gasteiger partial charge is 0.321 e. The fraction of sp³-hybridized carbons (Fsp3) is 0.538. The number of nitrogens with one attached hydrogen (secondary N) is 2. The third kappa shape index (κ3) is 4.24. The normalized spacial score (nSPS) is 10.6. The van der Waals surface area contributed by atoms with Gasteiger partial charge in [0, 0.05) is 19.1 Å². The van der Waals surface area contributed by atoms with E-state index in [1.165, 1.54) is 0 Å². The van der Waals surface area contributed by atoms with Crippen molar-refractivity contribution in [2.75, 3.05) is 17.3 Å². The maximum atomic E-state index is 11.8. The molecule has 0 aliphatic heterocycles. The molecular formula is C13H22N4O. The molecule has 0 aromatic carbocycles. The van der Waals surface area contributed by atoms with Gasteiger partial charge in [0.15, 0.2) is 0 Å². The number of pyridine rings is 1. The third-order valence-corrected chi connectivity index (χ3v) is 2.29. The summed E-state index contributed by atoms with van der Waals surface area (Å²) in [5, 5.41) is 6.03. The lowest BCUT2D eigenvalue weighted by Gasteiger charge is -2.20. The van der Waals surface area contributed by atoms with Crippen molar-refractivity contribution in [2.24, 2.45) is 0 Å². The minimum Gasteiger partial charge on any atom is -0.368 e. The largest absolute Gasteiger partial charge is 0.368 e. The molecule has 1 rings (SSSR count). The van der Waals surface area contributed by atoms with Crippen LogP contribution in [-0.2, 0) is 0 Å². The van der Waals surface area contributed by atoms with Gasteiger partial charge in [-0.2, -0.15) is 0 Å². The van der Waals surface area contributed by atoms with Gasteiger partial charge in [-0.05, 0) is 39.8 Å². The Morgan fingerprint density at radius 2 is 1.89 bits per heavy atom. The van der Waals surface area contributed by atoms with E-state index in [1.54, 1.807) is 18.1 Å². The van der Waals surface area contributed by atoms with Crippen LogP contribution < -0.4 is 15.5 Å². The van der Waals surface area contributed by atoms with Crippen molar-refractivity contribution in [1.29, 1.82) is 0 Å². The summed E-state index contributed by atoms with van der Waals surface area (Å²) < 4.78 is 0. The second-order valence-corrected chi connectivity index (χ2v) is 4.86. The van der Waals surface area contributed by atoms with Gasteiger partial charge in [0.25, 0.3) is 0 Å². The van der Waals surface area contributed by atoms with Gasteiger partial charge in [-0.1, -0.05) is 0 Å². The summed E-state index contributed by atoms with van der Waals surface area (Å²) in [5.41, 5.74) is 0.766. The number of urea groups is 1. The Morgan fingerprint density at radius 1 is 1.22 bits per heavy atom. The molecular weight excluding hydrogens is 228 g/mol. The molecule has 0 fully saturated rings. The zero-order valence-electron chi connectivity index (χ0n) is 11.7. The van der Waals surface area contributed by atoms with E-state index >= 15 is 0 Å². The minimum atomic E-state index is -0.128. The zero-order valence-corrected chi connectivity index (χ0v) is 11.7. The lowest BCUT2D eigenvalue weighted by Crippen LogP contribution is -2.40. The maximum Gasteiger partial charge on any atom is 0.321 e.